The molecule has 0 unspecified atom stereocenters. The quantitative estimate of drug-likeness (QED) is 0.336. The standard InChI is InChI=1S/C17H18I2N2O2S/c1-23-15-10(7-11(18)9-13(15)19)8-14-16(22)21(17(24)20-14)12-5-3-2-4-6-12/h7-9,12H,2-6H2,1H3,(H,20,24)/b14-8-. The number of rotatable bonds is 3. The lowest BCUT2D eigenvalue weighted by Gasteiger charge is -2.29. The van der Waals surface area contributed by atoms with Crippen molar-refractivity contribution in [2.24, 2.45) is 0 Å². The minimum Gasteiger partial charge on any atom is -0.495 e. The van der Waals surface area contributed by atoms with Crippen molar-refractivity contribution in [3.8, 4) is 5.75 Å². The molecule has 1 aliphatic carbocycles. The number of benzene rings is 1. The molecule has 1 saturated heterocycles. The molecule has 1 heterocycles. The van der Waals surface area contributed by atoms with Crippen molar-refractivity contribution < 1.29 is 9.53 Å². The zero-order valence-corrected chi connectivity index (χ0v) is 18.4. The first-order valence-corrected chi connectivity index (χ1v) is 10.5. The van der Waals surface area contributed by atoms with Crippen molar-refractivity contribution in [2.45, 2.75) is 38.1 Å². The van der Waals surface area contributed by atoms with Gasteiger partial charge >= 0.3 is 0 Å². The zero-order valence-electron chi connectivity index (χ0n) is 13.3. The maximum atomic E-state index is 12.9. The van der Waals surface area contributed by atoms with Gasteiger partial charge in [0.25, 0.3) is 5.91 Å². The van der Waals surface area contributed by atoms with E-state index in [2.05, 4.69) is 50.5 Å². The fourth-order valence-electron chi connectivity index (χ4n) is 3.28. The average molecular weight is 568 g/mol. The summed E-state index contributed by atoms with van der Waals surface area (Å²) in [5, 5.41) is 3.62. The molecule has 2 fully saturated rings. The van der Waals surface area contributed by atoms with Crippen LogP contribution in [0.15, 0.2) is 17.8 Å². The van der Waals surface area contributed by atoms with Crippen molar-refractivity contribution in [2.75, 3.05) is 7.11 Å². The van der Waals surface area contributed by atoms with Gasteiger partial charge in [0.2, 0.25) is 0 Å². The smallest absolute Gasteiger partial charge is 0.276 e. The molecule has 0 aromatic heterocycles. The van der Waals surface area contributed by atoms with Crippen LogP contribution in [0.25, 0.3) is 6.08 Å². The number of halogens is 2. The minimum absolute atomic E-state index is 0.0252. The van der Waals surface area contributed by atoms with Gasteiger partial charge in [-0.15, -0.1) is 0 Å². The third-order valence-electron chi connectivity index (χ3n) is 4.39. The van der Waals surface area contributed by atoms with Crippen LogP contribution in [-0.4, -0.2) is 29.1 Å². The molecule has 128 valence electrons. The molecule has 3 rings (SSSR count). The van der Waals surface area contributed by atoms with Crippen molar-refractivity contribution in [1.82, 2.24) is 10.2 Å². The molecule has 1 aromatic carbocycles. The van der Waals surface area contributed by atoms with E-state index in [1.807, 2.05) is 18.2 Å². The maximum Gasteiger partial charge on any atom is 0.276 e. The highest BCUT2D eigenvalue weighted by atomic mass is 127. The maximum absolute atomic E-state index is 12.9. The molecule has 0 bridgehead atoms. The van der Waals surface area contributed by atoms with E-state index in [1.165, 1.54) is 19.3 Å². The molecule has 24 heavy (non-hydrogen) atoms. The molecule has 2 aliphatic rings. The third-order valence-corrected chi connectivity index (χ3v) is 6.11. The molecule has 0 atom stereocenters. The van der Waals surface area contributed by atoms with Gasteiger partial charge in [-0.1, -0.05) is 19.3 Å². The zero-order chi connectivity index (χ0) is 17.3. The van der Waals surface area contributed by atoms with E-state index in [0.29, 0.717) is 10.8 Å². The third kappa shape index (κ3) is 3.72. The Morgan fingerprint density at radius 3 is 2.67 bits per heavy atom. The van der Waals surface area contributed by atoms with E-state index in [4.69, 9.17) is 17.0 Å². The Balaban J connectivity index is 1.92. The van der Waals surface area contributed by atoms with Gasteiger partial charge in [0.1, 0.15) is 11.4 Å². The van der Waals surface area contributed by atoms with Crippen molar-refractivity contribution >= 4 is 74.5 Å². The number of amides is 1. The first kappa shape index (κ1) is 18.4. The Morgan fingerprint density at radius 2 is 2.00 bits per heavy atom. The van der Waals surface area contributed by atoms with Gasteiger partial charge in [0.05, 0.1) is 10.7 Å². The van der Waals surface area contributed by atoms with E-state index >= 15 is 0 Å². The van der Waals surface area contributed by atoms with Gasteiger partial charge in [-0.25, -0.2) is 0 Å². The number of nitrogens with zero attached hydrogens (tertiary/aromatic N) is 1. The predicted octanol–water partition coefficient (Wildman–Crippen LogP) is 4.29. The van der Waals surface area contributed by atoms with E-state index in [1.54, 1.807) is 12.0 Å². The summed E-state index contributed by atoms with van der Waals surface area (Å²) in [4.78, 5) is 14.6. The number of carbonyl (C=O) groups is 1. The Morgan fingerprint density at radius 1 is 1.29 bits per heavy atom. The fraction of sp³-hybridized carbons (Fsp3) is 0.412. The fourth-order valence-corrected chi connectivity index (χ4v) is 5.73. The Bertz CT molecular complexity index is 715. The molecule has 1 aromatic rings. The molecular weight excluding hydrogens is 550 g/mol. The number of methoxy groups -OCH3 is 1. The summed E-state index contributed by atoms with van der Waals surface area (Å²) in [6, 6.07) is 4.29. The molecule has 1 amide bonds. The monoisotopic (exact) mass is 568 g/mol. The lowest BCUT2D eigenvalue weighted by atomic mass is 9.94. The second kappa shape index (κ2) is 7.86. The lowest BCUT2D eigenvalue weighted by molar-refractivity contribution is -0.124. The van der Waals surface area contributed by atoms with Crippen molar-refractivity contribution in [3.63, 3.8) is 0 Å². The molecule has 4 nitrogen and oxygen atoms in total. The Hall–Kier alpha value is -0.420. The number of hydrogen-bond acceptors (Lipinski definition) is 3. The van der Waals surface area contributed by atoms with Gasteiger partial charge < -0.3 is 10.1 Å². The highest BCUT2D eigenvalue weighted by Crippen LogP contribution is 2.31. The van der Waals surface area contributed by atoms with Gasteiger partial charge in [-0.2, -0.15) is 0 Å². The molecule has 1 saturated carbocycles. The average Bonchev–Trinajstić information content (AvgIpc) is 2.82. The van der Waals surface area contributed by atoms with E-state index < -0.39 is 0 Å². The van der Waals surface area contributed by atoms with E-state index in [-0.39, 0.29) is 11.9 Å². The summed E-state index contributed by atoms with van der Waals surface area (Å²) in [6.45, 7) is 0. The van der Waals surface area contributed by atoms with Gasteiger partial charge in [-0.3, -0.25) is 9.69 Å². The summed E-state index contributed by atoms with van der Waals surface area (Å²) in [5.41, 5.74) is 1.42. The number of nitrogens with one attached hydrogen (secondary N) is 1. The van der Waals surface area contributed by atoms with Gasteiger partial charge in [-0.05, 0) is 88.5 Å². The first-order valence-electron chi connectivity index (χ1n) is 7.90. The van der Waals surface area contributed by atoms with Crippen molar-refractivity contribution in [3.05, 3.63) is 30.5 Å². The topological polar surface area (TPSA) is 41.6 Å². The normalized spacial score (nSPS) is 20.6. The number of carbonyl (C=O) groups excluding carboxylic acids is 1. The summed E-state index contributed by atoms with van der Waals surface area (Å²) in [6.07, 6.45) is 7.49. The molecular formula is C17H18I2N2O2S. The summed E-state index contributed by atoms with van der Waals surface area (Å²) in [7, 11) is 1.65. The second-order valence-electron chi connectivity index (χ2n) is 5.97. The van der Waals surface area contributed by atoms with E-state index in [9.17, 15) is 4.79 Å². The van der Waals surface area contributed by atoms with Gasteiger partial charge in [0.15, 0.2) is 5.11 Å². The molecule has 1 N–H and O–H groups in total. The second-order valence-corrected chi connectivity index (χ2v) is 8.76. The highest BCUT2D eigenvalue weighted by Gasteiger charge is 2.36. The number of hydrogen-bond donors (Lipinski definition) is 1. The SMILES string of the molecule is COc1c(I)cc(I)cc1/C=C1\NC(=S)N(C2CCCCC2)C1=O. The van der Waals surface area contributed by atoms with Crippen LogP contribution < -0.4 is 10.1 Å². The molecule has 0 spiro atoms. The highest BCUT2D eigenvalue weighted by molar-refractivity contribution is 14.1. The minimum atomic E-state index is -0.0252. The Kier molecular flexibility index (Phi) is 6.02. The number of ether oxygens (including phenoxy) is 1. The van der Waals surface area contributed by atoms with Gasteiger partial charge in [0, 0.05) is 15.2 Å². The summed E-state index contributed by atoms with van der Waals surface area (Å²) < 4.78 is 7.62. The van der Waals surface area contributed by atoms with Crippen LogP contribution in [0, 0.1) is 7.14 Å². The number of thiocarbonyl (C=S) groups is 1. The first-order chi connectivity index (χ1) is 11.5. The Labute approximate surface area is 174 Å². The van der Waals surface area contributed by atoms with Crippen LogP contribution in [-0.2, 0) is 4.79 Å². The van der Waals surface area contributed by atoms with E-state index in [0.717, 1.165) is 31.3 Å². The summed E-state index contributed by atoms with van der Waals surface area (Å²) >= 11 is 9.94. The van der Waals surface area contributed by atoms with Crippen LogP contribution in [0.3, 0.4) is 0 Å². The molecule has 0 radical (unpaired) electrons. The predicted molar refractivity (Wildman–Crippen MR) is 116 cm³/mol. The van der Waals surface area contributed by atoms with Crippen LogP contribution in [0.1, 0.15) is 37.7 Å². The lowest BCUT2D eigenvalue weighted by Crippen LogP contribution is -2.41. The summed E-state index contributed by atoms with van der Waals surface area (Å²) in [5.74, 6) is 0.753. The van der Waals surface area contributed by atoms with Crippen LogP contribution >= 0.6 is 57.4 Å². The van der Waals surface area contributed by atoms with Crippen LogP contribution in [0.5, 0.6) is 5.75 Å². The van der Waals surface area contributed by atoms with Crippen molar-refractivity contribution in [1.29, 1.82) is 0 Å². The largest absolute Gasteiger partial charge is 0.495 e. The molecule has 1 aliphatic heterocycles. The van der Waals surface area contributed by atoms with Crippen LogP contribution in [0.2, 0.25) is 0 Å². The molecule has 7 heteroatoms. The van der Waals surface area contributed by atoms with Crippen LogP contribution in [0.4, 0.5) is 0 Å².